The Morgan fingerprint density at radius 2 is 1.55 bits per heavy atom. The minimum Gasteiger partial charge on any atom is -0.287 e. The van der Waals surface area contributed by atoms with Gasteiger partial charge in [-0.1, -0.05) is 13.8 Å². The molecule has 0 aromatic heterocycles. The molecule has 0 bridgehead atoms. The van der Waals surface area contributed by atoms with Crippen LogP contribution in [0.5, 0.6) is 0 Å². The van der Waals surface area contributed by atoms with E-state index < -0.39 is 0 Å². The third-order valence-corrected chi connectivity index (χ3v) is 2.91. The van der Waals surface area contributed by atoms with Crippen LogP contribution in [0.4, 0.5) is 0 Å². The normalized spacial score (nSPS) is 17.2. The highest BCUT2D eigenvalue weighted by atomic mass is 28.2. The van der Waals surface area contributed by atoms with Gasteiger partial charge in [-0.2, -0.15) is 0 Å². The molecule has 0 radical (unpaired) electrons. The molecule has 68 valence electrons. The van der Waals surface area contributed by atoms with Gasteiger partial charge in [0, 0.05) is 12.1 Å². The van der Waals surface area contributed by atoms with Crippen molar-refractivity contribution in [2.75, 3.05) is 0 Å². The predicted octanol–water partition coefficient (Wildman–Crippen LogP) is 0.670. The Balaban J connectivity index is 3.92. The first-order valence-electron chi connectivity index (χ1n) is 4.63. The maximum atomic E-state index is 3.38. The van der Waals surface area contributed by atoms with Crippen molar-refractivity contribution in [3.05, 3.63) is 0 Å². The zero-order valence-corrected chi connectivity index (χ0v) is 10.5. The van der Waals surface area contributed by atoms with Crippen molar-refractivity contribution in [2.24, 2.45) is 0 Å². The summed E-state index contributed by atoms with van der Waals surface area (Å²) in [4.78, 5) is 0. The lowest BCUT2D eigenvalue weighted by Crippen LogP contribution is -2.48. The number of nitrogens with one attached hydrogen (secondary N) is 1. The van der Waals surface area contributed by atoms with Gasteiger partial charge in [0.2, 0.25) is 0 Å². The van der Waals surface area contributed by atoms with Crippen LogP contribution in [0.25, 0.3) is 0 Å². The third-order valence-electron chi connectivity index (χ3n) is 2.39. The lowest BCUT2D eigenvalue weighted by Gasteiger charge is -2.32. The van der Waals surface area contributed by atoms with Crippen molar-refractivity contribution in [1.82, 2.24) is 10.1 Å². The summed E-state index contributed by atoms with van der Waals surface area (Å²) in [5.41, 5.74) is 0. The Labute approximate surface area is 73.8 Å². The van der Waals surface area contributed by atoms with Crippen molar-refractivity contribution in [3.63, 3.8) is 0 Å². The van der Waals surface area contributed by atoms with Crippen molar-refractivity contribution in [1.29, 1.82) is 0 Å². The monoisotopic (exact) mass is 174 g/mol. The van der Waals surface area contributed by atoms with Gasteiger partial charge in [0.1, 0.15) is 0 Å². The highest BCUT2D eigenvalue weighted by molar-refractivity contribution is 6.03. The smallest absolute Gasteiger partial charge is 0.0945 e. The van der Waals surface area contributed by atoms with E-state index in [0.29, 0.717) is 12.1 Å². The first-order valence-corrected chi connectivity index (χ1v) is 5.63. The van der Waals surface area contributed by atoms with E-state index in [0.717, 1.165) is 10.4 Å². The van der Waals surface area contributed by atoms with Gasteiger partial charge >= 0.3 is 0 Å². The average Bonchev–Trinajstić information content (AvgIpc) is 2.05. The number of rotatable bonds is 5. The highest BCUT2D eigenvalue weighted by Crippen LogP contribution is 2.06. The van der Waals surface area contributed by atoms with Crippen LogP contribution in [-0.4, -0.2) is 27.5 Å². The first kappa shape index (κ1) is 11.1. The van der Waals surface area contributed by atoms with E-state index in [-0.39, 0.29) is 0 Å². The molecule has 2 atom stereocenters. The molecule has 0 aromatic carbocycles. The van der Waals surface area contributed by atoms with E-state index in [9.17, 15) is 0 Å². The van der Waals surface area contributed by atoms with Crippen LogP contribution < -0.4 is 5.09 Å². The highest BCUT2D eigenvalue weighted by Gasteiger charge is 2.14. The second-order valence-corrected chi connectivity index (χ2v) is 3.59. The van der Waals surface area contributed by atoms with Gasteiger partial charge in [-0.05, 0) is 26.7 Å². The van der Waals surface area contributed by atoms with E-state index in [1.165, 1.54) is 12.8 Å². The summed E-state index contributed by atoms with van der Waals surface area (Å²) in [6.07, 6.45) is 2.44. The van der Waals surface area contributed by atoms with Crippen molar-refractivity contribution < 1.29 is 0 Å². The number of nitrogens with zero attached hydrogens (tertiary/aromatic N) is 1. The summed E-state index contributed by atoms with van der Waals surface area (Å²) in [6, 6.07) is 1.34. The Hall–Kier alpha value is 0.137. The third kappa shape index (κ3) is 3.36. The van der Waals surface area contributed by atoms with Crippen molar-refractivity contribution in [2.45, 2.75) is 52.6 Å². The summed E-state index contributed by atoms with van der Waals surface area (Å²) in [5.74, 6) is 0. The van der Waals surface area contributed by atoms with Crippen LogP contribution in [0.1, 0.15) is 40.5 Å². The molecule has 0 fully saturated rings. The standard InChI is InChI=1S/C8H22N2Si/c1-5-7(3)10(9-11)8(4)6-2/h7-9H,5-6H2,1-4,11H3. The molecule has 0 aromatic rings. The van der Waals surface area contributed by atoms with Gasteiger partial charge < -0.3 is 0 Å². The van der Waals surface area contributed by atoms with Gasteiger partial charge in [0.25, 0.3) is 0 Å². The van der Waals surface area contributed by atoms with E-state index in [4.69, 9.17) is 0 Å². The topological polar surface area (TPSA) is 15.3 Å². The molecular formula is C8H22N2Si. The molecule has 0 spiro atoms. The molecule has 0 aliphatic heterocycles. The molecule has 0 saturated heterocycles. The van der Waals surface area contributed by atoms with Crippen LogP contribution in [0, 0.1) is 0 Å². The molecule has 2 unspecified atom stereocenters. The SMILES string of the molecule is CCC(C)N(N[SiH3])C(C)CC. The summed E-state index contributed by atoms with van der Waals surface area (Å²) in [7, 11) is 1.05. The lowest BCUT2D eigenvalue weighted by atomic mass is 10.2. The first-order chi connectivity index (χ1) is 5.17. The van der Waals surface area contributed by atoms with Gasteiger partial charge in [0.15, 0.2) is 0 Å². The minimum atomic E-state index is 0.669. The van der Waals surface area contributed by atoms with E-state index in [1.54, 1.807) is 0 Å². The fraction of sp³-hybridized carbons (Fsp3) is 1.00. The Morgan fingerprint density at radius 1 is 1.18 bits per heavy atom. The van der Waals surface area contributed by atoms with Crippen molar-refractivity contribution in [3.8, 4) is 0 Å². The Bertz CT molecular complexity index is 88.1. The molecule has 0 amide bonds. The number of hydrogen-bond donors (Lipinski definition) is 1. The molecule has 0 rings (SSSR count). The second kappa shape index (κ2) is 5.74. The maximum Gasteiger partial charge on any atom is 0.0945 e. The van der Waals surface area contributed by atoms with E-state index in [2.05, 4.69) is 37.8 Å². The molecular weight excluding hydrogens is 152 g/mol. The Morgan fingerprint density at radius 3 is 1.73 bits per heavy atom. The summed E-state index contributed by atoms with van der Waals surface area (Å²) in [5, 5.41) is 5.76. The van der Waals surface area contributed by atoms with Crippen LogP contribution in [0.15, 0.2) is 0 Å². The van der Waals surface area contributed by atoms with Gasteiger partial charge in [-0.15, -0.1) is 0 Å². The molecule has 1 N–H and O–H groups in total. The maximum absolute atomic E-state index is 3.38. The second-order valence-electron chi connectivity index (χ2n) is 3.15. The molecule has 0 saturated carbocycles. The molecule has 11 heavy (non-hydrogen) atoms. The van der Waals surface area contributed by atoms with Gasteiger partial charge in [-0.25, -0.2) is 5.01 Å². The summed E-state index contributed by atoms with van der Waals surface area (Å²) in [6.45, 7) is 9.02. The zero-order valence-electron chi connectivity index (χ0n) is 8.52. The van der Waals surface area contributed by atoms with Crippen LogP contribution >= 0.6 is 0 Å². The van der Waals surface area contributed by atoms with E-state index in [1.807, 2.05) is 0 Å². The minimum absolute atomic E-state index is 0.669. The average molecular weight is 174 g/mol. The fourth-order valence-electron chi connectivity index (χ4n) is 1.27. The molecule has 0 heterocycles. The summed E-state index contributed by atoms with van der Waals surface area (Å²) < 4.78 is 0. The number of hydrogen-bond acceptors (Lipinski definition) is 2. The largest absolute Gasteiger partial charge is 0.287 e. The van der Waals surface area contributed by atoms with E-state index >= 15 is 0 Å². The summed E-state index contributed by atoms with van der Waals surface area (Å²) >= 11 is 0. The quantitative estimate of drug-likeness (QED) is 0.487. The van der Waals surface area contributed by atoms with Crippen LogP contribution in [0.3, 0.4) is 0 Å². The van der Waals surface area contributed by atoms with Gasteiger partial charge in [0.05, 0.1) is 10.4 Å². The molecule has 0 aliphatic carbocycles. The lowest BCUT2D eigenvalue weighted by molar-refractivity contribution is 0.120. The van der Waals surface area contributed by atoms with Crippen LogP contribution in [0.2, 0.25) is 0 Å². The Kier molecular flexibility index (Phi) is 5.82. The van der Waals surface area contributed by atoms with Crippen LogP contribution in [-0.2, 0) is 0 Å². The van der Waals surface area contributed by atoms with Crippen molar-refractivity contribution >= 4 is 10.4 Å². The predicted molar refractivity (Wildman–Crippen MR) is 54.4 cm³/mol. The molecule has 0 aliphatic rings. The van der Waals surface area contributed by atoms with Gasteiger partial charge in [-0.3, -0.25) is 5.09 Å². The number of hydrazine groups is 1. The molecule has 2 nitrogen and oxygen atoms in total. The fourth-order valence-corrected chi connectivity index (χ4v) is 2.15. The zero-order chi connectivity index (χ0) is 8.85. The molecule has 3 heteroatoms.